The van der Waals surface area contributed by atoms with Crippen molar-refractivity contribution in [3.8, 4) is 11.5 Å². The maximum atomic E-state index is 4.61. The molecule has 3 aromatic rings. The molecule has 0 saturated carbocycles. The van der Waals surface area contributed by atoms with E-state index in [0.29, 0.717) is 0 Å². The Morgan fingerprint density at radius 2 is 2.09 bits per heavy atom. The van der Waals surface area contributed by atoms with Crippen molar-refractivity contribution >= 4 is 5.82 Å². The van der Waals surface area contributed by atoms with Crippen LogP contribution in [0, 0.1) is 6.92 Å². The van der Waals surface area contributed by atoms with Gasteiger partial charge >= 0.3 is 0 Å². The highest BCUT2D eigenvalue weighted by atomic mass is 15.2. The highest BCUT2D eigenvalue weighted by molar-refractivity contribution is 5.47. The maximum Gasteiger partial charge on any atom is 0.157 e. The molecule has 0 aromatic carbocycles. The molecular weight excluding hydrogens is 290 g/mol. The second kappa shape index (κ2) is 5.75. The lowest BCUT2D eigenvalue weighted by atomic mass is 10.1. The topological polar surface area (TPSA) is 83.5 Å². The molecule has 1 fully saturated rings. The molecule has 3 aromatic heterocycles. The van der Waals surface area contributed by atoms with Crippen molar-refractivity contribution < 1.29 is 0 Å². The predicted octanol–water partition coefficient (Wildman–Crippen LogP) is 2.31. The van der Waals surface area contributed by atoms with Gasteiger partial charge in [-0.2, -0.15) is 0 Å². The smallest absolute Gasteiger partial charge is 0.157 e. The number of nitrogens with zero attached hydrogens (tertiary/aromatic N) is 6. The van der Waals surface area contributed by atoms with Crippen LogP contribution in [0.4, 0.5) is 5.82 Å². The monoisotopic (exact) mass is 307 g/mol. The van der Waals surface area contributed by atoms with Crippen molar-refractivity contribution in [2.75, 3.05) is 11.4 Å². The van der Waals surface area contributed by atoms with Crippen LogP contribution < -0.4 is 4.90 Å². The largest absolute Gasteiger partial charge is 0.348 e. The van der Waals surface area contributed by atoms with E-state index >= 15 is 0 Å². The van der Waals surface area contributed by atoms with Gasteiger partial charge in [0.25, 0.3) is 0 Å². The van der Waals surface area contributed by atoms with E-state index in [2.05, 4.69) is 34.8 Å². The first-order valence-electron chi connectivity index (χ1n) is 7.68. The molecule has 1 aliphatic heterocycles. The Hall–Kier alpha value is -2.83. The van der Waals surface area contributed by atoms with Gasteiger partial charge in [0.15, 0.2) is 5.82 Å². The summed E-state index contributed by atoms with van der Waals surface area (Å²) in [5.74, 6) is 1.69. The Morgan fingerprint density at radius 1 is 1.13 bits per heavy atom. The number of aromatic amines is 1. The summed E-state index contributed by atoms with van der Waals surface area (Å²) in [7, 11) is 0. The summed E-state index contributed by atoms with van der Waals surface area (Å²) in [6.07, 6.45) is 10.9. The van der Waals surface area contributed by atoms with Gasteiger partial charge in [-0.05, 0) is 19.8 Å². The summed E-state index contributed by atoms with van der Waals surface area (Å²) in [4.78, 5) is 27.2. The van der Waals surface area contributed by atoms with Crippen LogP contribution in [0.25, 0.3) is 11.5 Å². The van der Waals surface area contributed by atoms with Crippen LogP contribution in [0.5, 0.6) is 0 Å². The normalized spacial score (nSPS) is 17.6. The number of anilines is 1. The number of nitrogens with one attached hydrogen (secondary N) is 1. The third-order valence-electron chi connectivity index (χ3n) is 4.09. The van der Waals surface area contributed by atoms with Gasteiger partial charge in [0.05, 0.1) is 24.1 Å². The fourth-order valence-corrected chi connectivity index (χ4v) is 2.98. The van der Waals surface area contributed by atoms with Crippen LogP contribution in [0.1, 0.15) is 30.3 Å². The lowest BCUT2D eigenvalue weighted by Gasteiger charge is -2.25. The molecule has 116 valence electrons. The van der Waals surface area contributed by atoms with E-state index in [1.807, 2.05) is 19.2 Å². The van der Waals surface area contributed by atoms with Crippen LogP contribution in [0.2, 0.25) is 0 Å². The summed E-state index contributed by atoms with van der Waals surface area (Å²) < 4.78 is 0. The van der Waals surface area contributed by atoms with Gasteiger partial charge in [-0.25, -0.2) is 19.9 Å². The third kappa shape index (κ3) is 2.65. The fourth-order valence-electron chi connectivity index (χ4n) is 2.98. The van der Waals surface area contributed by atoms with Gasteiger partial charge < -0.3 is 9.88 Å². The first-order chi connectivity index (χ1) is 11.3. The number of imidazole rings is 1. The molecule has 1 atom stereocenters. The van der Waals surface area contributed by atoms with Crippen molar-refractivity contribution in [1.82, 2.24) is 29.9 Å². The number of H-pyrrole nitrogens is 1. The Kier molecular flexibility index (Phi) is 3.45. The highest BCUT2D eigenvalue weighted by Crippen LogP contribution is 2.34. The Balaban J connectivity index is 1.61. The number of aryl methyl sites for hydroxylation is 1. The van der Waals surface area contributed by atoms with Crippen LogP contribution in [0.3, 0.4) is 0 Å². The van der Waals surface area contributed by atoms with E-state index in [1.165, 1.54) is 0 Å². The van der Waals surface area contributed by atoms with Gasteiger partial charge in [-0.3, -0.25) is 4.98 Å². The molecular formula is C16H17N7. The molecule has 1 saturated heterocycles. The van der Waals surface area contributed by atoms with E-state index in [9.17, 15) is 0 Å². The standard InChI is InChI=1S/C16H17N7/c1-11-7-15(22-10-21-11)23-6-2-3-14(23)12-8-20-13(9-19-12)16-17-4-5-18-16/h4-5,7-10,14H,2-3,6H2,1H3,(H,17,18). The molecule has 1 unspecified atom stereocenters. The molecule has 0 amide bonds. The molecule has 4 rings (SSSR count). The highest BCUT2D eigenvalue weighted by Gasteiger charge is 2.28. The molecule has 0 aliphatic carbocycles. The maximum absolute atomic E-state index is 4.61. The lowest BCUT2D eigenvalue weighted by molar-refractivity contribution is 0.682. The van der Waals surface area contributed by atoms with E-state index in [0.717, 1.165) is 48.1 Å². The molecule has 0 spiro atoms. The Bertz CT molecular complexity index is 782. The second-order valence-electron chi connectivity index (χ2n) is 5.63. The number of hydrogen-bond acceptors (Lipinski definition) is 6. The summed E-state index contributed by atoms with van der Waals surface area (Å²) >= 11 is 0. The zero-order chi connectivity index (χ0) is 15.6. The molecule has 4 heterocycles. The van der Waals surface area contributed by atoms with Gasteiger partial charge in [-0.1, -0.05) is 0 Å². The van der Waals surface area contributed by atoms with E-state index in [-0.39, 0.29) is 6.04 Å². The molecule has 1 aliphatic rings. The van der Waals surface area contributed by atoms with Gasteiger partial charge in [0, 0.05) is 30.7 Å². The van der Waals surface area contributed by atoms with Gasteiger partial charge in [0.1, 0.15) is 17.8 Å². The minimum atomic E-state index is 0.211. The van der Waals surface area contributed by atoms with Crippen molar-refractivity contribution in [2.24, 2.45) is 0 Å². The van der Waals surface area contributed by atoms with E-state index in [4.69, 9.17) is 0 Å². The number of hydrogen-bond donors (Lipinski definition) is 1. The summed E-state index contributed by atoms with van der Waals surface area (Å²) in [6, 6.07) is 2.23. The van der Waals surface area contributed by atoms with Crippen molar-refractivity contribution in [1.29, 1.82) is 0 Å². The predicted molar refractivity (Wildman–Crippen MR) is 85.7 cm³/mol. The van der Waals surface area contributed by atoms with Crippen molar-refractivity contribution in [3.63, 3.8) is 0 Å². The third-order valence-corrected chi connectivity index (χ3v) is 4.09. The minimum Gasteiger partial charge on any atom is -0.348 e. The van der Waals surface area contributed by atoms with Gasteiger partial charge in [0.2, 0.25) is 0 Å². The Morgan fingerprint density at radius 3 is 2.83 bits per heavy atom. The van der Waals surface area contributed by atoms with Gasteiger partial charge in [-0.15, -0.1) is 0 Å². The first-order valence-corrected chi connectivity index (χ1v) is 7.68. The molecule has 7 nitrogen and oxygen atoms in total. The Labute approximate surface area is 133 Å². The van der Waals surface area contributed by atoms with Crippen LogP contribution >= 0.6 is 0 Å². The summed E-state index contributed by atoms with van der Waals surface area (Å²) in [5.41, 5.74) is 2.69. The summed E-state index contributed by atoms with van der Waals surface area (Å²) in [5, 5.41) is 0. The molecule has 1 N–H and O–H groups in total. The van der Waals surface area contributed by atoms with Crippen LogP contribution in [0.15, 0.2) is 37.2 Å². The van der Waals surface area contributed by atoms with Crippen LogP contribution in [-0.2, 0) is 0 Å². The zero-order valence-electron chi connectivity index (χ0n) is 12.8. The number of aromatic nitrogens is 6. The molecule has 23 heavy (non-hydrogen) atoms. The fraction of sp³-hybridized carbons (Fsp3) is 0.312. The quantitative estimate of drug-likeness (QED) is 0.799. The lowest BCUT2D eigenvalue weighted by Crippen LogP contribution is -2.24. The number of rotatable bonds is 3. The van der Waals surface area contributed by atoms with Crippen molar-refractivity contribution in [3.05, 3.63) is 48.6 Å². The average Bonchev–Trinajstić information content (AvgIpc) is 3.27. The molecule has 0 radical (unpaired) electrons. The SMILES string of the molecule is Cc1cc(N2CCCC2c2cnc(-c3ncc[nH]3)cn2)ncn1. The zero-order valence-corrected chi connectivity index (χ0v) is 12.8. The molecule has 7 heteroatoms. The summed E-state index contributed by atoms with van der Waals surface area (Å²) in [6.45, 7) is 2.96. The van der Waals surface area contributed by atoms with Crippen molar-refractivity contribution in [2.45, 2.75) is 25.8 Å². The minimum absolute atomic E-state index is 0.211. The van der Waals surface area contributed by atoms with E-state index in [1.54, 1.807) is 24.9 Å². The second-order valence-corrected chi connectivity index (χ2v) is 5.63. The van der Waals surface area contributed by atoms with Crippen LogP contribution in [-0.4, -0.2) is 36.4 Å². The molecule has 0 bridgehead atoms. The van der Waals surface area contributed by atoms with E-state index < -0.39 is 0 Å². The average molecular weight is 307 g/mol. The first kappa shape index (κ1) is 13.8.